The average Bonchev–Trinajstić information content (AvgIpc) is 3.18. The number of hydrogen-bond acceptors (Lipinski definition) is 3. The first kappa shape index (κ1) is 14.9. The van der Waals surface area contributed by atoms with Crippen molar-refractivity contribution in [2.75, 3.05) is 36.4 Å². The van der Waals surface area contributed by atoms with Crippen molar-refractivity contribution < 1.29 is 0 Å². The first-order chi connectivity index (χ1) is 11.7. The minimum atomic E-state index is 0.635. The fourth-order valence-electron chi connectivity index (χ4n) is 4.52. The van der Waals surface area contributed by atoms with Crippen molar-refractivity contribution in [2.24, 2.45) is 5.92 Å². The second-order valence-corrected chi connectivity index (χ2v) is 7.89. The van der Waals surface area contributed by atoms with Gasteiger partial charge in [-0.1, -0.05) is 23.2 Å². The van der Waals surface area contributed by atoms with Gasteiger partial charge in [0, 0.05) is 48.5 Å². The van der Waals surface area contributed by atoms with Gasteiger partial charge >= 0.3 is 0 Å². The topological polar surface area (TPSA) is 27.3 Å². The first-order valence-electron chi connectivity index (χ1n) is 8.53. The summed E-state index contributed by atoms with van der Waals surface area (Å²) >= 11 is 12.3. The molecule has 0 unspecified atom stereocenters. The van der Waals surface area contributed by atoms with Gasteiger partial charge in [-0.3, -0.25) is 0 Å². The van der Waals surface area contributed by atoms with Crippen LogP contribution in [0.3, 0.4) is 0 Å². The third-order valence-electron chi connectivity index (χ3n) is 5.59. The highest BCUT2D eigenvalue weighted by Crippen LogP contribution is 2.46. The maximum absolute atomic E-state index is 6.33. The zero-order chi connectivity index (χ0) is 16.3. The van der Waals surface area contributed by atoms with Gasteiger partial charge in [-0.15, -0.1) is 0 Å². The van der Waals surface area contributed by atoms with Crippen molar-refractivity contribution in [3.8, 4) is 0 Å². The van der Waals surface area contributed by atoms with Gasteiger partial charge in [0.15, 0.2) is 0 Å². The summed E-state index contributed by atoms with van der Waals surface area (Å²) in [6.45, 7) is 4.58. The quantitative estimate of drug-likeness (QED) is 0.831. The summed E-state index contributed by atoms with van der Waals surface area (Å²) in [6.07, 6.45) is 1.14. The molecule has 0 saturated carbocycles. The first-order valence-corrected chi connectivity index (χ1v) is 9.29. The van der Waals surface area contributed by atoms with E-state index < -0.39 is 0 Å². The largest absolute Gasteiger partial charge is 0.370 e. The lowest BCUT2D eigenvalue weighted by atomic mass is 9.83. The van der Waals surface area contributed by atoms with Crippen LogP contribution in [0.15, 0.2) is 30.3 Å². The molecule has 3 nitrogen and oxygen atoms in total. The van der Waals surface area contributed by atoms with Crippen LogP contribution in [-0.4, -0.2) is 26.2 Å². The molecule has 124 valence electrons. The van der Waals surface area contributed by atoms with E-state index in [1.807, 2.05) is 12.1 Å². The van der Waals surface area contributed by atoms with E-state index in [1.54, 1.807) is 6.07 Å². The van der Waals surface area contributed by atoms with Crippen LogP contribution in [0.25, 0.3) is 0 Å². The van der Waals surface area contributed by atoms with Crippen LogP contribution >= 0.6 is 23.2 Å². The van der Waals surface area contributed by atoms with Gasteiger partial charge in [-0.2, -0.15) is 0 Å². The minimum absolute atomic E-state index is 0.635. The van der Waals surface area contributed by atoms with E-state index in [4.69, 9.17) is 23.2 Å². The zero-order valence-electron chi connectivity index (χ0n) is 13.3. The molecule has 2 aromatic rings. The number of rotatable bonds is 2. The van der Waals surface area contributed by atoms with Gasteiger partial charge in [0.05, 0.1) is 10.7 Å². The van der Waals surface area contributed by atoms with Crippen LogP contribution in [0.2, 0.25) is 10.0 Å². The van der Waals surface area contributed by atoms with E-state index in [9.17, 15) is 0 Å². The second-order valence-electron chi connectivity index (χ2n) is 7.04. The molecule has 1 saturated heterocycles. The number of nitrogens with zero attached hydrogens (tertiary/aromatic N) is 1. The smallest absolute Gasteiger partial charge is 0.0655 e. The highest BCUT2D eigenvalue weighted by Gasteiger charge is 2.39. The molecule has 3 aliphatic heterocycles. The lowest BCUT2D eigenvalue weighted by Crippen LogP contribution is -2.35. The Labute approximate surface area is 151 Å². The van der Waals surface area contributed by atoms with Crippen molar-refractivity contribution in [1.29, 1.82) is 0 Å². The van der Waals surface area contributed by atoms with Gasteiger partial charge in [0.25, 0.3) is 0 Å². The lowest BCUT2D eigenvalue weighted by Gasteiger charge is -2.35. The van der Waals surface area contributed by atoms with E-state index >= 15 is 0 Å². The van der Waals surface area contributed by atoms with Crippen molar-refractivity contribution in [2.45, 2.75) is 12.3 Å². The summed E-state index contributed by atoms with van der Waals surface area (Å²) < 4.78 is 0. The maximum Gasteiger partial charge on any atom is 0.0655 e. The highest BCUT2D eigenvalue weighted by molar-refractivity contribution is 6.36. The average molecular weight is 360 g/mol. The number of fused-ring (bicyclic) bond motifs is 2. The fourth-order valence-corrected chi connectivity index (χ4v) is 4.97. The molecule has 0 aliphatic carbocycles. The molecular weight excluding hydrogens is 341 g/mol. The molecule has 3 heterocycles. The van der Waals surface area contributed by atoms with E-state index in [0.29, 0.717) is 16.0 Å². The Hall–Kier alpha value is -1.42. The number of hydrogen-bond donors (Lipinski definition) is 2. The molecule has 0 radical (unpaired) electrons. The van der Waals surface area contributed by atoms with E-state index in [1.165, 1.54) is 23.4 Å². The molecule has 0 aromatic heterocycles. The van der Waals surface area contributed by atoms with E-state index in [0.717, 1.165) is 43.3 Å². The normalized spacial score (nSPS) is 24.0. The molecule has 5 rings (SSSR count). The Morgan fingerprint density at radius 1 is 1.12 bits per heavy atom. The number of benzene rings is 2. The summed E-state index contributed by atoms with van der Waals surface area (Å²) in [7, 11) is 0. The van der Waals surface area contributed by atoms with Crippen molar-refractivity contribution in [1.82, 2.24) is 5.32 Å². The van der Waals surface area contributed by atoms with Crippen LogP contribution in [0.5, 0.6) is 0 Å². The lowest BCUT2D eigenvalue weighted by molar-refractivity contribution is 0.491. The third kappa shape index (κ3) is 2.30. The van der Waals surface area contributed by atoms with Crippen LogP contribution in [0.4, 0.5) is 17.1 Å². The highest BCUT2D eigenvalue weighted by atomic mass is 35.5. The molecule has 0 spiro atoms. The molecule has 2 atom stereocenters. The molecule has 24 heavy (non-hydrogen) atoms. The summed E-state index contributed by atoms with van der Waals surface area (Å²) in [4.78, 5) is 2.58. The summed E-state index contributed by atoms with van der Waals surface area (Å²) in [5, 5.41) is 8.37. The summed E-state index contributed by atoms with van der Waals surface area (Å²) in [6, 6.07) is 10.2. The number of nitrogens with one attached hydrogen (secondary N) is 2. The molecule has 3 aliphatic rings. The predicted octanol–water partition coefficient (Wildman–Crippen LogP) is 4.42. The number of halogens is 2. The van der Waals surface area contributed by atoms with Gasteiger partial charge < -0.3 is 15.5 Å². The molecular formula is C19H19Cl2N3. The Morgan fingerprint density at radius 3 is 2.92 bits per heavy atom. The van der Waals surface area contributed by atoms with E-state index in [2.05, 4.69) is 27.7 Å². The molecule has 0 amide bonds. The fraction of sp³-hybridized carbons (Fsp3) is 0.368. The summed E-state index contributed by atoms with van der Waals surface area (Å²) in [5.41, 5.74) is 6.49. The van der Waals surface area contributed by atoms with Gasteiger partial charge in [0.1, 0.15) is 0 Å². The van der Waals surface area contributed by atoms with Crippen LogP contribution in [-0.2, 0) is 6.42 Å². The second kappa shape index (κ2) is 5.55. The third-order valence-corrected chi connectivity index (χ3v) is 6.14. The Bertz CT molecular complexity index is 820. The molecule has 1 fully saturated rings. The Morgan fingerprint density at radius 2 is 2.04 bits per heavy atom. The zero-order valence-corrected chi connectivity index (χ0v) is 14.8. The van der Waals surface area contributed by atoms with Crippen molar-refractivity contribution >= 4 is 40.3 Å². The SMILES string of the molecule is Clc1ccc(Nc2cc3c4c(c2)[C@@H]2CNC[C@@H]2CN4CC3)c(Cl)c1. The Balaban J connectivity index is 1.56. The minimum Gasteiger partial charge on any atom is -0.370 e. The molecule has 5 heteroatoms. The molecule has 2 aromatic carbocycles. The predicted molar refractivity (Wildman–Crippen MR) is 101 cm³/mol. The van der Waals surface area contributed by atoms with Crippen LogP contribution in [0.1, 0.15) is 17.0 Å². The van der Waals surface area contributed by atoms with Crippen molar-refractivity contribution in [3.63, 3.8) is 0 Å². The van der Waals surface area contributed by atoms with Gasteiger partial charge in [0.2, 0.25) is 0 Å². The van der Waals surface area contributed by atoms with Gasteiger partial charge in [-0.25, -0.2) is 0 Å². The maximum atomic E-state index is 6.33. The van der Waals surface area contributed by atoms with Crippen LogP contribution in [0, 0.1) is 5.92 Å². The van der Waals surface area contributed by atoms with E-state index in [-0.39, 0.29) is 0 Å². The van der Waals surface area contributed by atoms with Gasteiger partial charge in [-0.05, 0) is 53.8 Å². The summed E-state index contributed by atoms with van der Waals surface area (Å²) in [5.74, 6) is 1.37. The molecule has 0 bridgehead atoms. The van der Waals surface area contributed by atoms with Crippen molar-refractivity contribution in [3.05, 3.63) is 51.5 Å². The number of anilines is 3. The Kier molecular flexibility index (Phi) is 3.44. The monoisotopic (exact) mass is 359 g/mol. The standard InChI is InChI=1S/C19H19Cl2N3/c20-13-1-2-18(17(21)6-13)23-14-5-11-3-4-24-10-12-8-22-9-16(12)15(7-14)19(11)24/h1-2,5-7,12,16,22-23H,3-4,8-10H2/t12-,16-/m1/s1. The molecule has 2 N–H and O–H groups in total. The van der Waals surface area contributed by atoms with Crippen LogP contribution < -0.4 is 15.5 Å².